The fourth-order valence-electron chi connectivity index (χ4n) is 6.18. The molecule has 0 atom stereocenters. The Bertz CT molecular complexity index is 2310. The van der Waals surface area contributed by atoms with Gasteiger partial charge in [0.25, 0.3) is 17.7 Å². The molecule has 3 heterocycles. The summed E-state index contributed by atoms with van der Waals surface area (Å²) in [5, 5.41) is 34.1. The van der Waals surface area contributed by atoms with Gasteiger partial charge >= 0.3 is 11.4 Å². The summed E-state index contributed by atoms with van der Waals surface area (Å²) in [6.07, 6.45) is 5.55. The molecule has 0 unspecified atom stereocenters. The molecule has 366 valence electrons. The summed E-state index contributed by atoms with van der Waals surface area (Å²) in [6, 6.07) is 6.39. The number of aromatic nitrogens is 3. The van der Waals surface area contributed by atoms with Crippen molar-refractivity contribution in [2.75, 3.05) is 123 Å². The van der Waals surface area contributed by atoms with Crippen molar-refractivity contribution < 1.29 is 62.2 Å². The van der Waals surface area contributed by atoms with Gasteiger partial charge in [0.15, 0.2) is 11.5 Å². The molecule has 0 bridgehead atoms. The third-order valence-electron chi connectivity index (χ3n) is 9.39. The summed E-state index contributed by atoms with van der Waals surface area (Å²) in [7, 11) is 10.5. The number of rotatable bonds is 31. The second kappa shape index (κ2) is 26.9. The van der Waals surface area contributed by atoms with Gasteiger partial charge in [0.2, 0.25) is 5.91 Å². The van der Waals surface area contributed by atoms with Crippen molar-refractivity contribution in [1.82, 2.24) is 23.9 Å². The molecule has 0 spiro atoms. The predicted octanol–water partition coefficient (Wildman–Crippen LogP) is 2.81. The van der Waals surface area contributed by atoms with Crippen LogP contribution >= 0.6 is 0 Å². The van der Waals surface area contributed by atoms with E-state index in [1.54, 1.807) is 62.0 Å². The molecule has 3 aromatic heterocycles. The molecule has 25 heteroatoms. The molecule has 0 aliphatic heterocycles. The van der Waals surface area contributed by atoms with Crippen molar-refractivity contribution in [3.63, 3.8) is 0 Å². The minimum absolute atomic E-state index is 0.00789. The number of anilines is 3. The lowest BCUT2D eigenvalue weighted by Gasteiger charge is -2.13. The molecule has 0 aliphatic carbocycles. The first-order chi connectivity index (χ1) is 32.1. The van der Waals surface area contributed by atoms with E-state index in [1.165, 1.54) is 16.7 Å². The SMILES string of the molecule is COCCOCCOCCOc1cc([N+](=O)[O-])c([N+](=O)[O-])cc1OCCOCCOCC(=O)Nc1cc(C(=O)Nc2cc(C(=O)Nc3cc(C(=O)NCCCN(C)C)n(C)c3)n(C)c2)n(C)c1. The van der Waals surface area contributed by atoms with E-state index in [1.807, 2.05) is 19.0 Å². The number of ether oxygens (including phenoxy) is 7. The molecule has 0 saturated heterocycles. The fourth-order valence-corrected chi connectivity index (χ4v) is 6.18. The second-order valence-corrected chi connectivity index (χ2v) is 14.9. The Labute approximate surface area is 385 Å². The molecule has 4 aromatic rings. The van der Waals surface area contributed by atoms with E-state index in [-0.39, 0.29) is 81.6 Å². The number of carbonyl (C=O) groups excluding carboxylic acids is 4. The summed E-state index contributed by atoms with van der Waals surface area (Å²) in [5.74, 6) is -1.92. The topological polar surface area (TPSA) is 285 Å². The maximum atomic E-state index is 13.2. The van der Waals surface area contributed by atoms with E-state index in [2.05, 4.69) is 21.3 Å². The zero-order valence-electron chi connectivity index (χ0n) is 38.3. The predicted molar refractivity (Wildman–Crippen MR) is 242 cm³/mol. The molecular formula is C42H58N10O15. The quantitative estimate of drug-likeness (QED) is 0.0321. The Kier molecular flexibility index (Phi) is 21.2. The summed E-state index contributed by atoms with van der Waals surface area (Å²) in [4.78, 5) is 75.0. The highest BCUT2D eigenvalue weighted by atomic mass is 16.6. The van der Waals surface area contributed by atoms with Crippen LogP contribution in [0.4, 0.5) is 28.4 Å². The third-order valence-corrected chi connectivity index (χ3v) is 9.39. The average molecular weight is 943 g/mol. The monoisotopic (exact) mass is 942 g/mol. The summed E-state index contributed by atoms with van der Waals surface area (Å²) >= 11 is 0. The van der Waals surface area contributed by atoms with E-state index in [9.17, 15) is 39.4 Å². The standard InChI is InChI=1S/C42H58N10O15/c1-47(2)9-7-8-43-40(54)34-21-30(26-48(34)3)45-42(56)36-22-31(27-50(36)5)46-41(55)35-20-29(25-49(35)4)44-39(53)28-65-15-14-64-17-19-67-38-24-33(52(59)60)32(51(57)58)23-37(38)66-18-16-63-13-12-62-11-10-61-6/h20-27H,7-19,28H2,1-6H3,(H,43,54)(H,44,53)(H,45,56)(H,46,55). The lowest BCUT2D eigenvalue weighted by Crippen LogP contribution is -2.28. The Morgan fingerprint density at radius 3 is 1.42 bits per heavy atom. The molecule has 0 aliphatic rings. The van der Waals surface area contributed by atoms with E-state index < -0.39 is 38.9 Å². The first-order valence-electron chi connectivity index (χ1n) is 20.9. The van der Waals surface area contributed by atoms with Crippen LogP contribution in [0, 0.1) is 20.2 Å². The molecule has 4 amide bonds. The van der Waals surface area contributed by atoms with Crippen LogP contribution in [0.2, 0.25) is 0 Å². The number of nitro groups is 2. The normalized spacial score (nSPS) is 11.1. The third kappa shape index (κ3) is 17.1. The molecule has 25 nitrogen and oxygen atoms in total. The number of nitrogens with zero attached hydrogens (tertiary/aromatic N) is 6. The minimum atomic E-state index is -0.896. The van der Waals surface area contributed by atoms with Crippen LogP contribution in [0.15, 0.2) is 48.9 Å². The molecular weight excluding hydrogens is 885 g/mol. The van der Waals surface area contributed by atoms with Gasteiger partial charge in [0.1, 0.15) is 36.9 Å². The Balaban J connectivity index is 1.17. The lowest BCUT2D eigenvalue weighted by atomic mass is 10.2. The Morgan fingerprint density at radius 2 is 0.985 bits per heavy atom. The summed E-state index contributed by atoms with van der Waals surface area (Å²) < 4.78 is 42.4. The number of carbonyl (C=O) groups is 4. The first-order valence-corrected chi connectivity index (χ1v) is 20.9. The van der Waals surface area contributed by atoms with Gasteiger partial charge in [-0.1, -0.05) is 0 Å². The first kappa shape index (κ1) is 52.7. The molecule has 67 heavy (non-hydrogen) atoms. The molecule has 0 fully saturated rings. The van der Waals surface area contributed by atoms with Crippen LogP contribution in [0.1, 0.15) is 37.9 Å². The zero-order chi connectivity index (χ0) is 48.9. The van der Waals surface area contributed by atoms with Gasteiger partial charge in [0.05, 0.1) is 91.9 Å². The van der Waals surface area contributed by atoms with E-state index in [4.69, 9.17) is 33.2 Å². The highest BCUT2D eigenvalue weighted by molar-refractivity contribution is 6.07. The van der Waals surface area contributed by atoms with Crippen molar-refractivity contribution in [2.24, 2.45) is 21.1 Å². The number of nitro benzene ring substituents is 2. The molecule has 4 N–H and O–H groups in total. The summed E-state index contributed by atoms with van der Waals surface area (Å²) in [5.41, 5.74) is 0.399. The molecule has 4 rings (SSSR count). The van der Waals surface area contributed by atoms with Crippen LogP contribution in [0.3, 0.4) is 0 Å². The van der Waals surface area contributed by atoms with Gasteiger partial charge in [-0.05, 0) is 45.3 Å². The van der Waals surface area contributed by atoms with Crippen LogP contribution in [-0.4, -0.2) is 159 Å². The number of amides is 4. The second-order valence-electron chi connectivity index (χ2n) is 14.9. The van der Waals surface area contributed by atoms with E-state index in [0.29, 0.717) is 49.1 Å². The number of nitrogens with one attached hydrogen (secondary N) is 4. The lowest BCUT2D eigenvalue weighted by molar-refractivity contribution is -0.422. The average Bonchev–Trinajstić information content (AvgIpc) is 3.96. The van der Waals surface area contributed by atoms with Gasteiger partial charge in [-0.25, -0.2) is 0 Å². The Morgan fingerprint density at radius 1 is 0.582 bits per heavy atom. The van der Waals surface area contributed by atoms with Gasteiger partial charge < -0.3 is 73.0 Å². The fraction of sp³-hybridized carbons (Fsp3) is 0.476. The number of benzene rings is 1. The van der Waals surface area contributed by atoms with Crippen molar-refractivity contribution in [1.29, 1.82) is 0 Å². The van der Waals surface area contributed by atoms with Crippen molar-refractivity contribution >= 4 is 52.1 Å². The van der Waals surface area contributed by atoms with Crippen LogP contribution in [-0.2, 0) is 49.6 Å². The van der Waals surface area contributed by atoms with E-state index in [0.717, 1.165) is 25.1 Å². The smallest absolute Gasteiger partial charge is 0.350 e. The molecule has 0 saturated carbocycles. The largest absolute Gasteiger partial charge is 0.487 e. The highest BCUT2D eigenvalue weighted by Crippen LogP contribution is 2.39. The zero-order valence-corrected chi connectivity index (χ0v) is 38.3. The van der Waals surface area contributed by atoms with Crippen LogP contribution in [0.25, 0.3) is 0 Å². The van der Waals surface area contributed by atoms with Gasteiger partial charge in [-0.15, -0.1) is 0 Å². The van der Waals surface area contributed by atoms with Crippen molar-refractivity contribution in [2.45, 2.75) is 6.42 Å². The minimum Gasteiger partial charge on any atom is -0.487 e. The maximum absolute atomic E-state index is 13.2. The van der Waals surface area contributed by atoms with Gasteiger partial charge in [-0.2, -0.15) is 0 Å². The van der Waals surface area contributed by atoms with Crippen molar-refractivity contribution in [3.8, 4) is 11.5 Å². The number of aryl methyl sites for hydroxylation is 3. The van der Waals surface area contributed by atoms with Crippen LogP contribution in [0.5, 0.6) is 11.5 Å². The maximum Gasteiger partial charge on any atom is 0.350 e. The molecule has 1 aromatic carbocycles. The van der Waals surface area contributed by atoms with Gasteiger partial charge in [-0.3, -0.25) is 39.4 Å². The van der Waals surface area contributed by atoms with Gasteiger partial charge in [0, 0.05) is 53.4 Å². The highest BCUT2D eigenvalue weighted by Gasteiger charge is 2.29. The molecule has 0 radical (unpaired) electrons. The Hall–Kier alpha value is -6.90. The van der Waals surface area contributed by atoms with E-state index >= 15 is 0 Å². The van der Waals surface area contributed by atoms with Crippen LogP contribution < -0.4 is 30.7 Å². The summed E-state index contributed by atoms with van der Waals surface area (Å²) in [6.45, 7) is 2.46. The number of hydrogen-bond acceptors (Lipinski definition) is 16. The number of methoxy groups -OCH3 is 1. The van der Waals surface area contributed by atoms with Crippen molar-refractivity contribution in [3.05, 3.63) is 86.2 Å². The number of hydrogen-bond donors (Lipinski definition) is 4.